The molecule has 2 aromatic rings. The molecule has 6 nitrogen and oxygen atoms in total. The number of carbonyl (C=O) groups is 1. The largest absolute Gasteiger partial charge is 0.345 e. The lowest BCUT2D eigenvalue weighted by atomic mass is 10.00. The first-order valence-corrected chi connectivity index (χ1v) is 8.41. The van der Waals surface area contributed by atoms with Crippen molar-refractivity contribution < 1.29 is 4.79 Å². The number of nitrogens with one attached hydrogen (secondary N) is 2. The Balaban J connectivity index is 1.60. The molecule has 2 aliphatic rings. The lowest BCUT2D eigenvalue weighted by Gasteiger charge is -2.35. The van der Waals surface area contributed by atoms with Gasteiger partial charge < -0.3 is 15.2 Å². The van der Waals surface area contributed by atoms with Crippen molar-refractivity contribution in [2.75, 3.05) is 5.32 Å². The van der Waals surface area contributed by atoms with Gasteiger partial charge in [-0.05, 0) is 31.0 Å². The zero-order chi connectivity index (χ0) is 16.8. The van der Waals surface area contributed by atoms with Gasteiger partial charge >= 0.3 is 11.7 Å². The average Bonchev–Trinajstić information content (AvgIpc) is 2.86. The summed E-state index contributed by atoms with van der Waals surface area (Å²) in [4.78, 5) is 32.6. The van der Waals surface area contributed by atoms with Crippen molar-refractivity contribution in [3.8, 4) is 0 Å². The zero-order valence-electron chi connectivity index (χ0n) is 12.6. The number of carbonyl (C=O) groups excluding carboxylic acids is 1. The van der Waals surface area contributed by atoms with Crippen LogP contribution in [0.4, 0.5) is 10.5 Å². The number of aromatic nitrogens is 2. The molecular formula is C16H14Cl2N4O2. The van der Waals surface area contributed by atoms with Crippen molar-refractivity contribution in [1.29, 1.82) is 0 Å². The molecule has 1 aromatic carbocycles. The number of fused-ring (bicyclic) bond motifs is 4. The summed E-state index contributed by atoms with van der Waals surface area (Å²) >= 11 is 11.9. The minimum atomic E-state index is -0.346. The van der Waals surface area contributed by atoms with Crippen molar-refractivity contribution in [2.24, 2.45) is 0 Å². The fraction of sp³-hybridized carbons (Fsp3) is 0.312. The van der Waals surface area contributed by atoms with Gasteiger partial charge in [-0.25, -0.2) is 14.6 Å². The Morgan fingerprint density at radius 2 is 2.12 bits per heavy atom. The lowest BCUT2D eigenvalue weighted by molar-refractivity contribution is 0.178. The van der Waals surface area contributed by atoms with E-state index < -0.39 is 0 Å². The molecule has 0 saturated carbocycles. The van der Waals surface area contributed by atoms with Crippen LogP contribution in [0.1, 0.15) is 30.1 Å². The van der Waals surface area contributed by atoms with E-state index in [1.54, 1.807) is 24.4 Å². The van der Waals surface area contributed by atoms with Crippen LogP contribution in [0.5, 0.6) is 0 Å². The van der Waals surface area contributed by atoms with Crippen LogP contribution in [0, 0.1) is 0 Å². The van der Waals surface area contributed by atoms with Crippen LogP contribution in [-0.2, 0) is 6.42 Å². The van der Waals surface area contributed by atoms with E-state index in [1.807, 2.05) is 4.90 Å². The highest BCUT2D eigenvalue weighted by Gasteiger charge is 2.43. The molecule has 8 heteroatoms. The van der Waals surface area contributed by atoms with E-state index in [-0.39, 0.29) is 23.8 Å². The van der Waals surface area contributed by atoms with Crippen molar-refractivity contribution in [1.82, 2.24) is 14.9 Å². The summed E-state index contributed by atoms with van der Waals surface area (Å²) in [6.07, 6.45) is 3.98. The standard InChI is InChI=1S/C16H14Cl2N4O2/c17-11-3-1-8(5-12(11)18)20-16(24)22-9-2-4-14(22)10-7-19-15(23)21-13(10)6-9/h1,3,5,7,9,14H,2,4,6H2,(H,20,24)(H,19,21,23). The van der Waals surface area contributed by atoms with Gasteiger partial charge in [-0.15, -0.1) is 0 Å². The van der Waals surface area contributed by atoms with E-state index in [0.717, 1.165) is 24.1 Å². The molecule has 2 bridgehead atoms. The summed E-state index contributed by atoms with van der Waals surface area (Å²) in [6.45, 7) is 0. The second-order valence-corrected chi connectivity index (χ2v) is 6.85. The lowest BCUT2D eigenvalue weighted by Crippen LogP contribution is -2.45. The quantitative estimate of drug-likeness (QED) is 0.813. The van der Waals surface area contributed by atoms with Gasteiger partial charge in [0.2, 0.25) is 0 Å². The third-order valence-electron chi connectivity index (χ3n) is 4.63. The van der Waals surface area contributed by atoms with Crippen LogP contribution in [0.3, 0.4) is 0 Å². The predicted octanol–water partition coefficient (Wildman–Crippen LogP) is 3.37. The number of hydrogen-bond acceptors (Lipinski definition) is 3. The minimum Gasteiger partial charge on any atom is -0.314 e. The number of hydrogen-bond donors (Lipinski definition) is 2. The molecule has 0 aliphatic carbocycles. The van der Waals surface area contributed by atoms with Gasteiger partial charge in [-0.3, -0.25) is 0 Å². The third-order valence-corrected chi connectivity index (χ3v) is 5.37. The highest BCUT2D eigenvalue weighted by molar-refractivity contribution is 6.42. The molecular weight excluding hydrogens is 351 g/mol. The molecule has 1 aromatic heterocycles. The van der Waals surface area contributed by atoms with E-state index in [1.165, 1.54) is 0 Å². The number of halogens is 2. The highest BCUT2D eigenvalue weighted by Crippen LogP contribution is 2.42. The molecule has 0 radical (unpaired) electrons. The SMILES string of the molecule is O=C(Nc1ccc(Cl)c(Cl)c1)N1C2CCC1c1cnc(=O)[nH]c1C2. The molecule has 2 N–H and O–H groups in total. The normalized spacial score (nSPS) is 21.5. The molecule has 2 amide bonds. The monoisotopic (exact) mass is 364 g/mol. The Bertz CT molecular complexity index is 883. The maximum atomic E-state index is 12.7. The van der Waals surface area contributed by atoms with E-state index in [4.69, 9.17) is 23.2 Å². The maximum Gasteiger partial charge on any atom is 0.345 e. The van der Waals surface area contributed by atoms with Gasteiger partial charge in [-0.1, -0.05) is 23.2 Å². The number of nitrogens with zero attached hydrogens (tertiary/aromatic N) is 2. The highest BCUT2D eigenvalue weighted by atomic mass is 35.5. The van der Waals surface area contributed by atoms with Crippen LogP contribution in [0.25, 0.3) is 0 Å². The number of aromatic amines is 1. The zero-order valence-corrected chi connectivity index (χ0v) is 14.1. The molecule has 124 valence electrons. The Labute approximate surface area is 147 Å². The Hall–Kier alpha value is -2.05. The molecule has 2 unspecified atom stereocenters. The van der Waals surface area contributed by atoms with Gasteiger partial charge in [0.15, 0.2) is 0 Å². The van der Waals surface area contributed by atoms with E-state index in [0.29, 0.717) is 22.2 Å². The predicted molar refractivity (Wildman–Crippen MR) is 91.6 cm³/mol. The molecule has 24 heavy (non-hydrogen) atoms. The third kappa shape index (κ3) is 2.56. The molecule has 1 fully saturated rings. The second kappa shape index (κ2) is 5.79. The van der Waals surface area contributed by atoms with Crippen LogP contribution >= 0.6 is 23.2 Å². The van der Waals surface area contributed by atoms with Crippen molar-refractivity contribution >= 4 is 34.9 Å². The van der Waals surface area contributed by atoms with E-state index in [2.05, 4.69) is 15.3 Å². The molecule has 3 heterocycles. The maximum absolute atomic E-state index is 12.7. The van der Waals surface area contributed by atoms with Crippen molar-refractivity contribution in [3.05, 3.63) is 56.2 Å². The molecule has 0 spiro atoms. The summed E-state index contributed by atoms with van der Waals surface area (Å²) in [7, 11) is 0. The summed E-state index contributed by atoms with van der Waals surface area (Å²) in [5.41, 5.74) is 2.06. The smallest absolute Gasteiger partial charge is 0.314 e. The number of anilines is 1. The summed E-state index contributed by atoms with van der Waals surface area (Å²) in [5.74, 6) is 0. The first-order valence-electron chi connectivity index (χ1n) is 7.65. The molecule has 4 rings (SSSR count). The molecule has 1 saturated heterocycles. The Morgan fingerprint density at radius 1 is 1.29 bits per heavy atom. The fourth-order valence-electron chi connectivity index (χ4n) is 3.59. The van der Waals surface area contributed by atoms with Gasteiger partial charge in [0, 0.05) is 35.6 Å². The van der Waals surface area contributed by atoms with Crippen LogP contribution < -0.4 is 11.0 Å². The number of benzene rings is 1. The summed E-state index contributed by atoms with van der Waals surface area (Å²) in [5, 5.41) is 3.71. The fourth-order valence-corrected chi connectivity index (χ4v) is 3.89. The molecule has 2 atom stereocenters. The minimum absolute atomic E-state index is 0.0640. The van der Waals surface area contributed by atoms with E-state index in [9.17, 15) is 9.59 Å². The average molecular weight is 365 g/mol. The number of H-pyrrole nitrogens is 1. The summed E-state index contributed by atoms with van der Waals surface area (Å²) < 4.78 is 0. The van der Waals surface area contributed by atoms with Crippen LogP contribution in [-0.4, -0.2) is 26.9 Å². The topological polar surface area (TPSA) is 78.1 Å². The van der Waals surface area contributed by atoms with Crippen LogP contribution in [0.2, 0.25) is 10.0 Å². The van der Waals surface area contributed by atoms with E-state index >= 15 is 0 Å². The summed E-state index contributed by atoms with van der Waals surface area (Å²) in [6, 6.07) is 4.81. The van der Waals surface area contributed by atoms with Crippen molar-refractivity contribution in [3.63, 3.8) is 0 Å². The van der Waals surface area contributed by atoms with Gasteiger partial charge in [-0.2, -0.15) is 0 Å². The number of rotatable bonds is 1. The van der Waals surface area contributed by atoms with Gasteiger partial charge in [0.1, 0.15) is 0 Å². The number of urea groups is 1. The van der Waals surface area contributed by atoms with Crippen LogP contribution in [0.15, 0.2) is 29.2 Å². The van der Waals surface area contributed by atoms with Gasteiger partial charge in [0.25, 0.3) is 0 Å². The number of amides is 2. The van der Waals surface area contributed by atoms with Gasteiger partial charge in [0.05, 0.1) is 16.1 Å². The first-order chi connectivity index (χ1) is 11.5. The second-order valence-electron chi connectivity index (χ2n) is 6.04. The molecule has 2 aliphatic heterocycles. The Kier molecular flexibility index (Phi) is 3.73. The Morgan fingerprint density at radius 3 is 2.92 bits per heavy atom. The van der Waals surface area contributed by atoms with Crippen molar-refractivity contribution in [2.45, 2.75) is 31.3 Å². The first kappa shape index (κ1) is 15.5.